The molecule has 1 atom stereocenters. The zero-order valence-corrected chi connectivity index (χ0v) is 14.6. The van der Waals surface area contributed by atoms with E-state index in [2.05, 4.69) is 19.9 Å². The molecule has 1 aliphatic heterocycles. The summed E-state index contributed by atoms with van der Waals surface area (Å²) in [6, 6.07) is 6.89. The Morgan fingerprint density at radius 3 is 2.81 bits per heavy atom. The molecule has 3 aromatic rings. The molecule has 8 heteroatoms. The molecule has 0 radical (unpaired) electrons. The molecule has 0 bridgehead atoms. The molecule has 0 aliphatic carbocycles. The topological polar surface area (TPSA) is 84.0 Å². The van der Waals surface area contributed by atoms with Crippen molar-refractivity contribution in [3.05, 3.63) is 65.6 Å². The third kappa shape index (κ3) is 3.39. The molecule has 7 nitrogen and oxygen atoms in total. The van der Waals surface area contributed by atoms with Gasteiger partial charge in [0.25, 0.3) is 5.91 Å². The zero-order valence-electron chi connectivity index (χ0n) is 13.8. The van der Waals surface area contributed by atoms with Crippen LogP contribution < -0.4 is 4.74 Å². The summed E-state index contributed by atoms with van der Waals surface area (Å²) in [7, 11) is 0. The van der Waals surface area contributed by atoms with Crippen LogP contribution in [0.1, 0.15) is 35.1 Å². The third-order valence-corrected chi connectivity index (χ3v) is 4.50. The van der Waals surface area contributed by atoms with Crippen molar-refractivity contribution in [3.8, 4) is 11.6 Å². The van der Waals surface area contributed by atoms with E-state index in [0.29, 0.717) is 34.6 Å². The lowest BCUT2D eigenvalue weighted by atomic mass is 10.1. The molecule has 1 aliphatic rings. The van der Waals surface area contributed by atoms with Crippen molar-refractivity contribution < 1.29 is 9.53 Å². The number of nitrogens with zero attached hydrogens (tertiary/aromatic N) is 4. The first-order valence-corrected chi connectivity index (χ1v) is 8.63. The van der Waals surface area contributed by atoms with Crippen LogP contribution in [0, 0.1) is 0 Å². The highest BCUT2D eigenvalue weighted by atomic mass is 35.5. The molecular weight excluding hydrogens is 354 g/mol. The number of ether oxygens (including phenoxy) is 1. The number of halogens is 1. The molecule has 1 N–H and O–H groups in total. The van der Waals surface area contributed by atoms with Gasteiger partial charge in [0.05, 0.1) is 36.7 Å². The second kappa shape index (κ2) is 7.13. The summed E-state index contributed by atoms with van der Waals surface area (Å²) < 4.78 is 5.75. The summed E-state index contributed by atoms with van der Waals surface area (Å²) in [6.07, 6.45) is 8.00. The highest BCUT2D eigenvalue weighted by Crippen LogP contribution is 2.32. The molecule has 4 rings (SSSR count). The SMILES string of the molecule is O=C(c1cnc[nH]1)N1CCCC1c1cncc(Oc2ccc(Cl)cc2)n1. The Bertz CT molecular complexity index is 898. The maximum absolute atomic E-state index is 12.7. The molecule has 0 spiro atoms. The van der Waals surface area contributed by atoms with Crippen LogP contribution in [-0.4, -0.2) is 37.3 Å². The first kappa shape index (κ1) is 16.5. The average molecular weight is 370 g/mol. The van der Waals surface area contributed by atoms with Gasteiger partial charge in [-0.1, -0.05) is 11.6 Å². The fourth-order valence-electron chi connectivity index (χ4n) is 3.04. The number of imidazole rings is 1. The highest BCUT2D eigenvalue weighted by molar-refractivity contribution is 6.30. The van der Waals surface area contributed by atoms with E-state index in [4.69, 9.17) is 16.3 Å². The van der Waals surface area contributed by atoms with Gasteiger partial charge in [-0.15, -0.1) is 0 Å². The van der Waals surface area contributed by atoms with Crippen molar-refractivity contribution in [1.29, 1.82) is 0 Å². The van der Waals surface area contributed by atoms with Gasteiger partial charge >= 0.3 is 0 Å². The monoisotopic (exact) mass is 369 g/mol. The van der Waals surface area contributed by atoms with Gasteiger partial charge < -0.3 is 14.6 Å². The zero-order chi connectivity index (χ0) is 17.9. The number of amides is 1. The van der Waals surface area contributed by atoms with E-state index in [0.717, 1.165) is 12.8 Å². The van der Waals surface area contributed by atoms with Gasteiger partial charge in [0.15, 0.2) is 0 Å². The predicted molar refractivity (Wildman–Crippen MR) is 95.2 cm³/mol. The van der Waals surface area contributed by atoms with Crippen LogP contribution in [0.4, 0.5) is 0 Å². The Labute approximate surface area is 155 Å². The Kier molecular flexibility index (Phi) is 4.53. The van der Waals surface area contributed by atoms with Gasteiger partial charge in [0.1, 0.15) is 11.4 Å². The summed E-state index contributed by atoms with van der Waals surface area (Å²) in [6.45, 7) is 0.673. The van der Waals surface area contributed by atoms with E-state index >= 15 is 0 Å². The summed E-state index contributed by atoms with van der Waals surface area (Å²) in [5.74, 6) is 0.916. The second-order valence-corrected chi connectivity index (χ2v) is 6.40. The summed E-state index contributed by atoms with van der Waals surface area (Å²) in [5.41, 5.74) is 1.18. The van der Waals surface area contributed by atoms with Gasteiger partial charge in [0, 0.05) is 11.6 Å². The van der Waals surface area contributed by atoms with Crippen LogP contribution in [0.15, 0.2) is 49.2 Å². The quantitative estimate of drug-likeness (QED) is 0.759. The average Bonchev–Trinajstić information content (AvgIpc) is 3.35. The van der Waals surface area contributed by atoms with Crippen LogP contribution in [-0.2, 0) is 0 Å². The molecular formula is C18H16ClN5O2. The van der Waals surface area contributed by atoms with Crippen LogP contribution in [0.2, 0.25) is 5.02 Å². The van der Waals surface area contributed by atoms with E-state index in [1.807, 2.05) is 0 Å². The largest absolute Gasteiger partial charge is 0.437 e. The van der Waals surface area contributed by atoms with Crippen molar-refractivity contribution in [2.75, 3.05) is 6.54 Å². The van der Waals surface area contributed by atoms with E-state index in [-0.39, 0.29) is 11.9 Å². The lowest BCUT2D eigenvalue weighted by molar-refractivity contribution is 0.0727. The van der Waals surface area contributed by atoms with E-state index < -0.39 is 0 Å². The number of aromatic amines is 1. The molecule has 1 fully saturated rings. The highest BCUT2D eigenvalue weighted by Gasteiger charge is 2.32. The Hall–Kier alpha value is -2.93. The standard InChI is InChI=1S/C18H16ClN5O2/c19-12-3-5-13(6-4-12)26-17-10-20-8-14(23-17)16-2-1-7-24(16)18(25)15-9-21-11-22-15/h3-6,8-11,16H,1-2,7H2,(H,21,22). The van der Waals surface area contributed by atoms with Gasteiger partial charge in [-0.2, -0.15) is 0 Å². The number of carbonyl (C=O) groups is 1. The summed E-state index contributed by atoms with van der Waals surface area (Å²) in [4.78, 5) is 30.0. The van der Waals surface area contributed by atoms with E-state index in [1.165, 1.54) is 12.5 Å². The molecule has 3 heterocycles. The molecule has 1 unspecified atom stereocenters. The van der Waals surface area contributed by atoms with E-state index in [9.17, 15) is 4.79 Å². The minimum absolute atomic E-state index is 0.0872. The van der Waals surface area contributed by atoms with Gasteiger partial charge in [-0.3, -0.25) is 9.78 Å². The normalized spacial score (nSPS) is 16.7. The smallest absolute Gasteiger partial charge is 0.272 e. The molecule has 1 aromatic carbocycles. The van der Waals surface area contributed by atoms with Crippen LogP contribution in [0.25, 0.3) is 0 Å². The Morgan fingerprint density at radius 1 is 1.19 bits per heavy atom. The molecule has 0 saturated carbocycles. The van der Waals surface area contributed by atoms with Crippen molar-refractivity contribution in [3.63, 3.8) is 0 Å². The van der Waals surface area contributed by atoms with E-state index in [1.54, 1.807) is 41.6 Å². The van der Waals surface area contributed by atoms with Crippen LogP contribution in [0.5, 0.6) is 11.6 Å². The number of hydrogen-bond donors (Lipinski definition) is 1. The van der Waals surface area contributed by atoms with Gasteiger partial charge in [-0.25, -0.2) is 9.97 Å². The number of aromatic nitrogens is 4. The number of carbonyl (C=O) groups excluding carboxylic acids is 1. The van der Waals surface area contributed by atoms with Crippen molar-refractivity contribution >= 4 is 17.5 Å². The van der Waals surface area contributed by atoms with Gasteiger partial charge in [0.2, 0.25) is 5.88 Å². The number of H-pyrrole nitrogens is 1. The Balaban J connectivity index is 1.55. The summed E-state index contributed by atoms with van der Waals surface area (Å²) in [5, 5.41) is 0.635. The van der Waals surface area contributed by atoms with Crippen molar-refractivity contribution in [2.24, 2.45) is 0 Å². The first-order chi connectivity index (χ1) is 12.7. The predicted octanol–water partition coefficient (Wildman–Crippen LogP) is 3.62. The minimum atomic E-state index is -0.132. The fourth-order valence-corrected chi connectivity index (χ4v) is 3.17. The maximum Gasteiger partial charge on any atom is 0.272 e. The molecule has 1 saturated heterocycles. The number of benzene rings is 1. The molecule has 26 heavy (non-hydrogen) atoms. The maximum atomic E-state index is 12.7. The number of nitrogens with one attached hydrogen (secondary N) is 1. The third-order valence-electron chi connectivity index (χ3n) is 4.25. The summed E-state index contributed by atoms with van der Waals surface area (Å²) >= 11 is 5.89. The number of hydrogen-bond acceptors (Lipinski definition) is 5. The lowest BCUT2D eigenvalue weighted by Gasteiger charge is -2.23. The lowest BCUT2D eigenvalue weighted by Crippen LogP contribution is -2.31. The molecule has 2 aromatic heterocycles. The number of rotatable bonds is 4. The van der Waals surface area contributed by atoms with Crippen molar-refractivity contribution in [2.45, 2.75) is 18.9 Å². The fraction of sp³-hybridized carbons (Fsp3) is 0.222. The van der Waals surface area contributed by atoms with Crippen LogP contribution in [0.3, 0.4) is 0 Å². The second-order valence-electron chi connectivity index (χ2n) is 5.96. The Morgan fingerprint density at radius 2 is 2.04 bits per heavy atom. The van der Waals surface area contributed by atoms with Gasteiger partial charge in [-0.05, 0) is 37.1 Å². The first-order valence-electron chi connectivity index (χ1n) is 8.25. The minimum Gasteiger partial charge on any atom is -0.437 e. The molecule has 132 valence electrons. The molecule has 1 amide bonds. The van der Waals surface area contributed by atoms with Crippen molar-refractivity contribution in [1.82, 2.24) is 24.8 Å². The number of likely N-dealkylation sites (tertiary alicyclic amines) is 1. The van der Waals surface area contributed by atoms with Crippen LogP contribution >= 0.6 is 11.6 Å².